The van der Waals surface area contributed by atoms with Crippen molar-refractivity contribution in [3.05, 3.63) is 0 Å². The smallest absolute Gasteiger partial charge is 0.305 e. The van der Waals surface area contributed by atoms with Crippen LogP contribution in [-0.2, 0) is 9.53 Å². The van der Waals surface area contributed by atoms with Crippen LogP contribution >= 0.6 is 0 Å². The maximum atomic E-state index is 10.9. The Balaban J connectivity index is 3.10. The van der Waals surface area contributed by atoms with E-state index in [2.05, 4.69) is 25.5 Å². The Kier molecular flexibility index (Phi) is 10.1. The zero-order chi connectivity index (χ0) is 13.9. The summed E-state index contributed by atoms with van der Waals surface area (Å²) >= 11 is 0. The Morgan fingerprint density at radius 3 is 1.72 bits per heavy atom. The van der Waals surface area contributed by atoms with Gasteiger partial charge in [0.15, 0.2) is 0 Å². The minimum atomic E-state index is -0.0721. The maximum absolute atomic E-state index is 10.9. The summed E-state index contributed by atoms with van der Waals surface area (Å²) in [6.07, 6.45) is 12.1. The van der Waals surface area contributed by atoms with E-state index in [1.54, 1.807) is 0 Å². The predicted molar refractivity (Wildman–Crippen MR) is 77.6 cm³/mol. The van der Waals surface area contributed by atoms with Crippen molar-refractivity contribution >= 4 is 5.97 Å². The van der Waals surface area contributed by atoms with Crippen molar-refractivity contribution < 1.29 is 9.53 Å². The zero-order valence-electron chi connectivity index (χ0n) is 12.9. The highest BCUT2D eigenvalue weighted by Crippen LogP contribution is 2.22. The summed E-state index contributed by atoms with van der Waals surface area (Å²) in [4.78, 5) is 10.9. The summed E-state index contributed by atoms with van der Waals surface area (Å²) in [5.74, 6) is -0.0721. The molecular formula is C16H32O2. The standard InChI is InChI=1S/C16H32O2/c1-16(2,3)14-12-10-8-6-5-7-9-11-13-15(17)18-4/h5-14H2,1-4H3. The second kappa shape index (κ2) is 10.4. The fourth-order valence-electron chi connectivity index (χ4n) is 2.09. The monoisotopic (exact) mass is 256 g/mol. The lowest BCUT2D eigenvalue weighted by molar-refractivity contribution is -0.140. The van der Waals surface area contributed by atoms with Gasteiger partial charge in [-0.05, 0) is 18.3 Å². The minimum Gasteiger partial charge on any atom is -0.469 e. The molecule has 0 aliphatic carbocycles. The summed E-state index contributed by atoms with van der Waals surface area (Å²) in [7, 11) is 1.46. The molecule has 108 valence electrons. The molecule has 18 heavy (non-hydrogen) atoms. The molecule has 0 aromatic heterocycles. The normalized spacial score (nSPS) is 11.6. The van der Waals surface area contributed by atoms with Crippen molar-refractivity contribution in [2.24, 2.45) is 5.41 Å². The van der Waals surface area contributed by atoms with Gasteiger partial charge < -0.3 is 4.74 Å². The van der Waals surface area contributed by atoms with E-state index in [1.165, 1.54) is 52.1 Å². The first-order valence-corrected chi connectivity index (χ1v) is 7.52. The molecule has 0 heterocycles. The van der Waals surface area contributed by atoms with Crippen LogP contribution in [0.1, 0.15) is 85.0 Å². The number of hydrogen-bond acceptors (Lipinski definition) is 2. The van der Waals surface area contributed by atoms with Gasteiger partial charge in [0.2, 0.25) is 0 Å². The number of methoxy groups -OCH3 is 1. The largest absolute Gasteiger partial charge is 0.469 e. The number of carbonyl (C=O) groups is 1. The van der Waals surface area contributed by atoms with E-state index < -0.39 is 0 Å². The molecule has 0 spiro atoms. The molecule has 0 radical (unpaired) electrons. The highest BCUT2D eigenvalue weighted by atomic mass is 16.5. The van der Waals surface area contributed by atoms with Crippen molar-refractivity contribution in [3.8, 4) is 0 Å². The van der Waals surface area contributed by atoms with Crippen LogP contribution < -0.4 is 0 Å². The quantitative estimate of drug-likeness (QED) is 0.401. The topological polar surface area (TPSA) is 26.3 Å². The lowest BCUT2D eigenvalue weighted by atomic mass is 9.89. The van der Waals surface area contributed by atoms with Gasteiger partial charge >= 0.3 is 5.97 Å². The molecule has 2 nitrogen and oxygen atoms in total. The number of esters is 1. The Bertz CT molecular complexity index is 204. The third-order valence-electron chi connectivity index (χ3n) is 3.29. The molecule has 2 heteroatoms. The van der Waals surface area contributed by atoms with Crippen molar-refractivity contribution in [1.29, 1.82) is 0 Å². The molecule has 0 unspecified atom stereocenters. The van der Waals surface area contributed by atoms with Crippen LogP contribution in [0.25, 0.3) is 0 Å². The van der Waals surface area contributed by atoms with Crippen LogP contribution in [0.4, 0.5) is 0 Å². The van der Waals surface area contributed by atoms with Gasteiger partial charge in [-0.15, -0.1) is 0 Å². The molecule has 0 aromatic rings. The molecule has 0 bridgehead atoms. The van der Waals surface area contributed by atoms with E-state index in [0.29, 0.717) is 11.8 Å². The van der Waals surface area contributed by atoms with Crippen LogP contribution in [0, 0.1) is 5.41 Å². The number of ether oxygens (including phenoxy) is 1. The molecule has 0 aliphatic heterocycles. The van der Waals surface area contributed by atoms with Crippen LogP contribution in [0.2, 0.25) is 0 Å². The second-order valence-corrected chi connectivity index (χ2v) is 6.47. The van der Waals surface area contributed by atoms with Crippen molar-refractivity contribution in [3.63, 3.8) is 0 Å². The molecule has 0 aromatic carbocycles. The summed E-state index contributed by atoms with van der Waals surface area (Å²) in [6, 6.07) is 0. The van der Waals surface area contributed by atoms with Gasteiger partial charge in [0.25, 0.3) is 0 Å². The number of carbonyl (C=O) groups excluding carboxylic acids is 1. The Labute approximate surface area is 113 Å². The highest BCUT2D eigenvalue weighted by molar-refractivity contribution is 5.68. The fourth-order valence-corrected chi connectivity index (χ4v) is 2.09. The summed E-state index contributed by atoms with van der Waals surface area (Å²) in [5.41, 5.74) is 0.494. The van der Waals surface area contributed by atoms with Gasteiger partial charge in [0, 0.05) is 6.42 Å². The summed E-state index contributed by atoms with van der Waals surface area (Å²) in [5, 5.41) is 0. The molecule has 0 atom stereocenters. The second-order valence-electron chi connectivity index (χ2n) is 6.47. The molecule has 0 saturated carbocycles. The van der Waals surface area contributed by atoms with Crippen LogP contribution in [0.5, 0.6) is 0 Å². The van der Waals surface area contributed by atoms with Crippen LogP contribution in [0.3, 0.4) is 0 Å². The van der Waals surface area contributed by atoms with Crippen molar-refractivity contribution in [2.45, 2.75) is 85.0 Å². The van der Waals surface area contributed by atoms with E-state index in [0.717, 1.165) is 12.8 Å². The van der Waals surface area contributed by atoms with Crippen LogP contribution in [0.15, 0.2) is 0 Å². The van der Waals surface area contributed by atoms with Gasteiger partial charge in [0.05, 0.1) is 7.11 Å². The Hall–Kier alpha value is -0.530. The Morgan fingerprint density at radius 2 is 1.28 bits per heavy atom. The molecular weight excluding hydrogens is 224 g/mol. The molecule has 0 amide bonds. The van der Waals surface area contributed by atoms with E-state index in [9.17, 15) is 4.79 Å². The summed E-state index contributed by atoms with van der Waals surface area (Å²) < 4.78 is 4.61. The SMILES string of the molecule is COC(=O)CCCCCCCCCCC(C)(C)C. The first-order valence-electron chi connectivity index (χ1n) is 7.52. The summed E-state index contributed by atoms with van der Waals surface area (Å²) in [6.45, 7) is 6.94. The van der Waals surface area contributed by atoms with E-state index in [1.807, 2.05) is 0 Å². The van der Waals surface area contributed by atoms with Gasteiger partial charge in [-0.1, -0.05) is 65.7 Å². The first-order chi connectivity index (χ1) is 8.45. The fraction of sp³-hybridized carbons (Fsp3) is 0.938. The maximum Gasteiger partial charge on any atom is 0.305 e. The molecule has 0 aliphatic rings. The van der Waals surface area contributed by atoms with Crippen molar-refractivity contribution in [2.75, 3.05) is 7.11 Å². The molecule has 0 saturated heterocycles. The molecule has 0 rings (SSSR count). The first kappa shape index (κ1) is 17.5. The number of hydrogen-bond donors (Lipinski definition) is 0. The third kappa shape index (κ3) is 13.5. The highest BCUT2D eigenvalue weighted by Gasteiger charge is 2.08. The predicted octanol–water partition coefficient (Wildman–Crippen LogP) is 5.11. The Morgan fingerprint density at radius 1 is 0.833 bits per heavy atom. The van der Waals surface area contributed by atoms with E-state index >= 15 is 0 Å². The number of unbranched alkanes of at least 4 members (excludes halogenated alkanes) is 7. The minimum absolute atomic E-state index is 0.0721. The average molecular weight is 256 g/mol. The van der Waals surface area contributed by atoms with E-state index in [4.69, 9.17) is 0 Å². The average Bonchev–Trinajstić information content (AvgIpc) is 2.29. The molecule has 0 N–H and O–H groups in total. The van der Waals surface area contributed by atoms with Crippen molar-refractivity contribution in [1.82, 2.24) is 0 Å². The zero-order valence-corrected chi connectivity index (χ0v) is 12.9. The number of rotatable bonds is 10. The lowest BCUT2D eigenvalue weighted by Gasteiger charge is -2.17. The van der Waals surface area contributed by atoms with Gasteiger partial charge in [-0.3, -0.25) is 4.79 Å². The third-order valence-corrected chi connectivity index (χ3v) is 3.29. The molecule has 0 fully saturated rings. The van der Waals surface area contributed by atoms with Crippen LogP contribution in [-0.4, -0.2) is 13.1 Å². The lowest BCUT2D eigenvalue weighted by Crippen LogP contribution is -2.03. The van der Waals surface area contributed by atoms with Gasteiger partial charge in [0.1, 0.15) is 0 Å². The van der Waals surface area contributed by atoms with Gasteiger partial charge in [-0.2, -0.15) is 0 Å². The van der Waals surface area contributed by atoms with E-state index in [-0.39, 0.29) is 5.97 Å². The van der Waals surface area contributed by atoms with Gasteiger partial charge in [-0.25, -0.2) is 0 Å².